The molecule has 0 saturated carbocycles. The third-order valence-electron chi connectivity index (χ3n) is 1.61. The molecule has 2 heteroatoms. The minimum absolute atomic E-state index is 0.190. The quantitative estimate of drug-likeness (QED) is 0.462. The second-order valence-electron chi connectivity index (χ2n) is 2.82. The van der Waals surface area contributed by atoms with E-state index in [1.807, 2.05) is 6.92 Å². The molecular weight excluding hydrogens is 150 g/mol. The van der Waals surface area contributed by atoms with Crippen LogP contribution in [-0.2, 0) is 0 Å². The Morgan fingerprint density at radius 2 is 2.25 bits per heavy atom. The van der Waals surface area contributed by atoms with E-state index in [0.29, 0.717) is 6.54 Å². The zero-order chi connectivity index (χ0) is 9.23. The van der Waals surface area contributed by atoms with Crippen molar-refractivity contribution in [3.8, 4) is 11.8 Å². The fraction of sp³-hybridized carbons (Fsp3) is 0.800. The molecule has 0 spiro atoms. The lowest BCUT2D eigenvalue weighted by Crippen LogP contribution is -2.27. The van der Waals surface area contributed by atoms with Crippen molar-refractivity contribution in [2.24, 2.45) is 0 Å². The van der Waals surface area contributed by atoms with Gasteiger partial charge in [-0.25, -0.2) is 0 Å². The van der Waals surface area contributed by atoms with Crippen molar-refractivity contribution in [2.75, 3.05) is 13.1 Å². The molecule has 2 nitrogen and oxygen atoms in total. The van der Waals surface area contributed by atoms with Crippen molar-refractivity contribution in [3.05, 3.63) is 0 Å². The van der Waals surface area contributed by atoms with Crippen LogP contribution < -0.4 is 5.32 Å². The Labute approximate surface area is 75.4 Å². The van der Waals surface area contributed by atoms with Crippen LogP contribution in [0, 0.1) is 11.8 Å². The van der Waals surface area contributed by atoms with Gasteiger partial charge in [-0.1, -0.05) is 13.3 Å². The van der Waals surface area contributed by atoms with E-state index < -0.39 is 0 Å². The highest BCUT2D eigenvalue weighted by Gasteiger charge is 1.99. The Bertz CT molecular complexity index is 146. The highest BCUT2D eigenvalue weighted by Crippen LogP contribution is 1.93. The predicted octanol–water partition coefficient (Wildman–Crippen LogP) is 1.15. The van der Waals surface area contributed by atoms with Gasteiger partial charge in [0, 0.05) is 19.5 Å². The van der Waals surface area contributed by atoms with Crippen LogP contribution in [0.2, 0.25) is 0 Å². The van der Waals surface area contributed by atoms with Gasteiger partial charge in [-0.2, -0.15) is 0 Å². The van der Waals surface area contributed by atoms with E-state index in [-0.39, 0.29) is 6.10 Å². The van der Waals surface area contributed by atoms with Crippen molar-refractivity contribution in [1.29, 1.82) is 0 Å². The summed E-state index contributed by atoms with van der Waals surface area (Å²) in [4.78, 5) is 0. The predicted molar refractivity (Wildman–Crippen MR) is 51.9 cm³/mol. The van der Waals surface area contributed by atoms with E-state index in [9.17, 15) is 5.11 Å². The van der Waals surface area contributed by atoms with Gasteiger partial charge in [-0.05, 0) is 13.3 Å². The Morgan fingerprint density at radius 1 is 1.50 bits per heavy atom. The summed E-state index contributed by atoms with van der Waals surface area (Å²) in [6, 6.07) is 0. The molecule has 0 amide bonds. The SMILES string of the molecule is CC#CCCNCC(O)CCC. The van der Waals surface area contributed by atoms with E-state index in [1.165, 1.54) is 0 Å². The van der Waals surface area contributed by atoms with Crippen LogP contribution in [0.1, 0.15) is 33.1 Å². The van der Waals surface area contributed by atoms with Crippen LogP contribution in [0.5, 0.6) is 0 Å². The van der Waals surface area contributed by atoms with Gasteiger partial charge in [0.2, 0.25) is 0 Å². The maximum absolute atomic E-state index is 9.31. The lowest BCUT2D eigenvalue weighted by Gasteiger charge is -2.08. The van der Waals surface area contributed by atoms with Gasteiger partial charge >= 0.3 is 0 Å². The third kappa shape index (κ3) is 7.59. The molecule has 2 N–H and O–H groups in total. The molecule has 0 aliphatic rings. The Kier molecular flexibility index (Phi) is 8.20. The second kappa shape index (κ2) is 8.58. The topological polar surface area (TPSA) is 32.3 Å². The molecule has 0 aliphatic carbocycles. The molecule has 0 radical (unpaired) electrons. The summed E-state index contributed by atoms with van der Waals surface area (Å²) >= 11 is 0. The molecule has 0 aromatic heterocycles. The van der Waals surface area contributed by atoms with E-state index >= 15 is 0 Å². The van der Waals surface area contributed by atoms with Gasteiger partial charge in [0.05, 0.1) is 6.10 Å². The molecule has 1 atom stereocenters. The van der Waals surface area contributed by atoms with Crippen molar-refractivity contribution < 1.29 is 5.11 Å². The molecule has 0 bridgehead atoms. The van der Waals surface area contributed by atoms with E-state index in [2.05, 4.69) is 24.1 Å². The van der Waals surface area contributed by atoms with E-state index in [4.69, 9.17) is 0 Å². The molecule has 0 fully saturated rings. The zero-order valence-electron chi connectivity index (χ0n) is 8.06. The number of aliphatic hydroxyl groups excluding tert-OH is 1. The van der Waals surface area contributed by atoms with Gasteiger partial charge in [-0.3, -0.25) is 0 Å². The van der Waals surface area contributed by atoms with Gasteiger partial charge in [0.25, 0.3) is 0 Å². The normalized spacial score (nSPS) is 11.9. The summed E-state index contributed by atoms with van der Waals surface area (Å²) in [6.45, 7) is 5.48. The number of hydrogen-bond acceptors (Lipinski definition) is 2. The maximum atomic E-state index is 9.31. The lowest BCUT2D eigenvalue weighted by atomic mass is 10.2. The molecular formula is C10H19NO. The van der Waals surface area contributed by atoms with Crippen LogP contribution in [0.4, 0.5) is 0 Å². The van der Waals surface area contributed by atoms with E-state index in [1.54, 1.807) is 0 Å². The average molecular weight is 169 g/mol. The second-order valence-corrected chi connectivity index (χ2v) is 2.82. The maximum Gasteiger partial charge on any atom is 0.0664 e. The zero-order valence-corrected chi connectivity index (χ0v) is 8.06. The third-order valence-corrected chi connectivity index (χ3v) is 1.61. The first-order chi connectivity index (χ1) is 5.81. The molecule has 0 aromatic carbocycles. The summed E-state index contributed by atoms with van der Waals surface area (Å²) in [6.07, 6.45) is 2.60. The average Bonchev–Trinajstić information content (AvgIpc) is 2.05. The largest absolute Gasteiger partial charge is 0.392 e. The van der Waals surface area contributed by atoms with Crippen molar-refractivity contribution in [1.82, 2.24) is 5.32 Å². The number of nitrogens with one attached hydrogen (secondary N) is 1. The first-order valence-corrected chi connectivity index (χ1v) is 4.59. The fourth-order valence-corrected chi connectivity index (χ4v) is 0.980. The van der Waals surface area contributed by atoms with Crippen LogP contribution in [-0.4, -0.2) is 24.3 Å². The smallest absolute Gasteiger partial charge is 0.0664 e. The number of hydrogen-bond donors (Lipinski definition) is 2. The number of aliphatic hydroxyl groups is 1. The van der Waals surface area contributed by atoms with Crippen LogP contribution in [0.15, 0.2) is 0 Å². The standard InChI is InChI=1S/C10H19NO/c1-3-5-6-8-11-9-10(12)7-4-2/h10-12H,4,6-9H2,1-2H3. The van der Waals surface area contributed by atoms with Gasteiger partial charge in [0.1, 0.15) is 0 Å². The highest BCUT2D eigenvalue weighted by molar-refractivity contribution is 4.95. The summed E-state index contributed by atoms with van der Waals surface area (Å²) in [5.74, 6) is 5.79. The van der Waals surface area contributed by atoms with Crippen molar-refractivity contribution in [2.45, 2.75) is 39.2 Å². The molecule has 1 unspecified atom stereocenters. The Morgan fingerprint density at radius 3 is 2.83 bits per heavy atom. The molecule has 12 heavy (non-hydrogen) atoms. The van der Waals surface area contributed by atoms with E-state index in [0.717, 1.165) is 25.8 Å². The van der Waals surface area contributed by atoms with Crippen LogP contribution in [0.3, 0.4) is 0 Å². The first kappa shape index (κ1) is 11.5. The Hall–Kier alpha value is -0.520. The van der Waals surface area contributed by atoms with Crippen molar-refractivity contribution in [3.63, 3.8) is 0 Å². The van der Waals surface area contributed by atoms with Gasteiger partial charge < -0.3 is 10.4 Å². The summed E-state index contributed by atoms with van der Waals surface area (Å²) in [5, 5.41) is 12.5. The van der Waals surface area contributed by atoms with Crippen LogP contribution >= 0.6 is 0 Å². The molecule has 0 aromatic rings. The van der Waals surface area contributed by atoms with Gasteiger partial charge in [0.15, 0.2) is 0 Å². The minimum atomic E-state index is -0.190. The van der Waals surface area contributed by atoms with Crippen molar-refractivity contribution >= 4 is 0 Å². The summed E-state index contributed by atoms with van der Waals surface area (Å²) in [7, 11) is 0. The Balaban J connectivity index is 3.11. The summed E-state index contributed by atoms with van der Waals surface area (Å²) in [5.41, 5.74) is 0. The minimum Gasteiger partial charge on any atom is -0.392 e. The highest BCUT2D eigenvalue weighted by atomic mass is 16.3. The number of rotatable bonds is 6. The molecule has 70 valence electrons. The first-order valence-electron chi connectivity index (χ1n) is 4.59. The van der Waals surface area contributed by atoms with Crippen LogP contribution in [0.25, 0.3) is 0 Å². The summed E-state index contributed by atoms with van der Waals surface area (Å²) < 4.78 is 0. The molecule has 0 rings (SSSR count). The lowest BCUT2D eigenvalue weighted by molar-refractivity contribution is 0.161. The fourth-order valence-electron chi connectivity index (χ4n) is 0.980. The van der Waals surface area contributed by atoms with Gasteiger partial charge in [-0.15, -0.1) is 11.8 Å². The molecule has 0 saturated heterocycles. The molecule has 0 aliphatic heterocycles. The monoisotopic (exact) mass is 169 g/mol. The molecule has 0 heterocycles.